The van der Waals surface area contributed by atoms with Gasteiger partial charge in [0.05, 0.1) is 11.7 Å². The van der Waals surface area contributed by atoms with Crippen LogP contribution in [0.3, 0.4) is 0 Å². The molecule has 1 atom stereocenters. The highest BCUT2D eigenvalue weighted by Crippen LogP contribution is 2.15. The predicted molar refractivity (Wildman–Crippen MR) is 94.0 cm³/mol. The summed E-state index contributed by atoms with van der Waals surface area (Å²) >= 11 is 1.52. The molecule has 0 saturated heterocycles. The Bertz CT molecular complexity index is 599. The lowest BCUT2D eigenvalue weighted by Crippen LogP contribution is -2.29. The fourth-order valence-corrected chi connectivity index (χ4v) is 2.99. The molecule has 0 aliphatic heterocycles. The number of carbonyl (C=O) groups is 1. The van der Waals surface area contributed by atoms with E-state index in [0.717, 1.165) is 30.9 Å². The molecule has 1 unspecified atom stereocenters. The third-order valence-electron chi connectivity index (χ3n) is 3.59. The molecular weight excluding hydrogens is 310 g/mol. The molecule has 2 N–H and O–H groups in total. The van der Waals surface area contributed by atoms with E-state index in [1.807, 2.05) is 22.9 Å². The Morgan fingerprint density at radius 2 is 2.22 bits per heavy atom. The molecule has 0 aliphatic rings. The van der Waals surface area contributed by atoms with Crippen LogP contribution in [-0.2, 0) is 0 Å². The molecule has 0 fully saturated rings. The molecule has 0 saturated carbocycles. The van der Waals surface area contributed by atoms with Crippen molar-refractivity contribution in [2.24, 2.45) is 0 Å². The third kappa shape index (κ3) is 4.77. The molecule has 6 heteroatoms. The monoisotopic (exact) mass is 333 g/mol. The Morgan fingerprint density at radius 3 is 2.78 bits per heavy atom. The van der Waals surface area contributed by atoms with Gasteiger partial charge < -0.3 is 15.3 Å². The second-order valence-electron chi connectivity index (χ2n) is 5.27. The molecule has 2 aromatic heterocycles. The van der Waals surface area contributed by atoms with E-state index in [9.17, 15) is 9.90 Å². The number of hydrogen-bond donors (Lipinski definition) is 2. The first kappa shape index (κ1) is 17.4. The van der Waals surface area contributed by atoms with E-state index < -0.39 is 6.10 Å². The van der Waals surface area contributed by atoms with Gasteiger partial charge in [-0.2, -0.15) is 11.3 Å². The molecule has 2 rings (SSSR count). The van der Waals surface area contributed by atoms with Crippen molar-refractivity contribution in [3.63, 3.8) is 0 Å². The van der Waals surface area contributed by atoms with Gasteiger partial charge in [0, 0.05) is 25.8 Å². The molecule has 0 radical (unpaired) electrons. The molecule has 2 heterocycles. The van der Waals surface area contributed by atoms with Crippen molar-refractivity contribution in [2.75, 3.05) is 24.5 Å². The lowest BCUT2D eigenvalue weighted by atomic mass is 10.2. The molecule has 5 nitrogen and oxygen atoms in total. The Labute approximate surface area is 141 Å². The summed E-state index contributed by atoms with van der Waals surface area (Å²) < 4.78 is 0. The van der Waals surface area contributed by atoms with Crippen molar-refractivity contribution < 1.29 is 9.90 Å². The zero-order chi connectivity index (χ0) is 16.7. The topological polar surface area (TPSA) is 65.5 Å². The van der Waals surface area contributed by atoms with Crippen molar-refractivity contribution >= 4 is 23.1 Å². The average Bonchev–Trinajstić information content (AvgIpc) is 3.12. The molecule has 0 spiro atoms. The van der Waals surface area contributed by atoms with Crippen molar-refractivity contribution in [3.8, 4) is 0 Å². The van der Waals surface area contributed by atoms with Crippen LogP contribution in [0.2, 0.25) is 0 Å². The van der Waals surface area contributed by atoms with Crippen LogP contribution in [0.1, 0.15) is 42.3 Å². The molecular formula is C17H23N3O2S. The fourth-order valence-electron chi connectivity index (χ4n) is 2.29. The lowest BCUT2D eigenvalue weighted by molar-refractivity contribution is 0.0916. The second-order valence-corrected chi connectivity index (χ2v) is 6.05. The summed E-state index contributed by atoms with van der Waals surface area (Å²) in [6.45, 7) is 6.24. The molecule has 0 aromatic carbocycles. The number of thiophene rings is 1. The van der Waals surface area contributed by atoms with E-state index in [0.29, 0.717) is 5.56 Å². The van der Waals surface area contributed by atoms with Gasteiger partial charge in [0.2, 0.25) is 0 Å². The first-order chi connectivity index (χ1) is 11.2. The van der Waals surface area contributed by atoms with Gasteiger partial charge in [0.25, 0.3) is 5.91 Å². The van der Waals surface area contributed by atoms with Crippen LogP contribution >= 0.6 is 11.3 Å². The number of aliphatic hydroxyl groups is 1. The maximum Gasteiger partial charge on any atom is 0.252 e. The van der Waals surface area contributed by atoms with E-state index in [2.05, 4.69) is 29.0 Å². The van der Waals surface area contributed by atoms with Crippen molar-refractivity contribution in [1.29, 1.82) is 0 Å². The van der Waals surface area contributed by atoms with Crippen LogP contribution in [0, 0.1) is 0 Å². The molecule has 2 aromatic rings. The normalized spacial score (nSPS) is 12.0. The molecule has 0 aliphatic carbocycles. The van der Waals surface area contributed by atoms with Crippen LogP contribution in [0.25, 0.3) is 0 Å². The van der Waals surface area contributed by atoms with E-state index >= 15 is 0 Å². The number of nitrogens with zero attached hydrogens (tertiary/aromatic N) is 2. The second kappa shape index (κ2) is 8.64. The van der Waals surface area contributed by atoms with Crippen LogP contribution < -0.4 is 10.2 Å². The maximum absolute atomic E-state index is 12.1. The maximum atomic E-state index is 12.1. The SMILES string of the molecule is CCCN(CC)c1ccc(C(=O)NCC(O)c2ccsc2)cn1. The van der Waals surface area contributed by atoms with Crippen molar-refractivity contribution in [3.05, 3.63) is 46.3 Å². The number of carbonyl (C=O) groups excluding carboxylic acids is 1. The van der Waals surface area contributed by atoms with Crippen LogP contribution in [0.5, 0.6) is 0 Å². The molecule has 0 bridgehead atoms. The summed E-state index contributed by atoms with van der Waals surface area (Å²) in [7, 11) is 0. The summed E-state index contributed by atoms with van der Waals surface area (Å²) in [6.07, 6.45) is 1.95. The summed E-state index contributed by atoms with van der Waals surface area (Å²) in [5.74, 6) is 0.654. The minimum absolute atomic E-state index is 0.189. The standard InChI is InChI=1S/C17H23N3O2S/c1-3-8-20(4-2)16-6-5-13(10-18-16)17(22)19-11-15(21)14-7-9-23-12-14/h5-7,9-10,12,15,21H,3-4,8,11H2,1-2H3,(H,19,22). The average molecular weight is 333 g/mol. The molecule has 23 heavy (non-hydrogen) atoms. The zero-order valence-electron chi connectivity index (χ0n) is 13.5. The van der Waals surface area contributed by atoms with Gasteiger partial charge in [-0.15, -0.1) is 0 Å². The largest absolute Gasteiger partial charge is 0.387 e. The van der Waals surface area contributed by atoms with Crippen LogP contribution in [0.15, 0.2) is 35.2 Å². The Morgan fingerprint density at radius 1 is 1.39 bits per heavy atom. The summed E-state index contributed by atoms with van der Waals surface area (Å²) in [5.41, 5.74) is 1.32. The van der Waals surface area contributed by atoms with Gasteiger partial charge >= 0.3 is 0 Å². The van der Waals surface area contributed by atoms with Gasteiger partial charge in [-0.25, -0.2) is 4.98 Å². The number of nitrogens with one attached hydrogen (secondary N) is 1. The third-order valence-corrected chi connectivity index (χ3v) is 4.29. The number of anilines is 1. The fraction of sp³-hybridized carbons (Fsp3) is 0.412. The number of amides is 1. The summed E-state index contributed by atoms with van der Waals surface area (Å²) in [5, 5.41) is 16.5. The summed E-state index contributed by atoms with van der Waals surface area (Å²) in [4.78, 5) is 18.7. The Hall–Kier alpha value is -1.92. The number of hydrogen-bond acceptors (Lipinski definition) is 5. The highest BCUT2D eigenvalue weighted by molar-refractivity contribution is 7.07. The van der Waals surface area contributed by atoms with Crippen LogP contribution in [-0.4, -0.2) is 35.6 Å². The number of pyridine rings is 1. The summed E-state index contributed by atoms with van der Waals surface area (Å²) in [6, 6.07) is 5.49. The van der Waals surface area contributed by atoms with Gasteiger partial charge in [-0.1, -0.05) is 6.92 Å². The predicted octanol–water partition coefficient (Wildman–Crippen LogP) is 2.84. The molecule has 1 amide bonds. The highest BCUT2D eigenvalue weighted by atomic mass is 32.1. The van der Waals surface area contributed by atoms with Crippen molar-refractivity contribution in [2.45, 2.75) is 26.4 Å². The van der Waals surface area contributed by atoms with Crippen molar-refractivity contribution in [1.82, 2.24) is 10.3 Å². The minimum atomic E-state index is -0.683. The Balaban J connectivity index is 1.92. The number of rotatable bonds is 8. The first-order valence-corrected chi connectivity index (χ1v) is 8.79. The minimum Gasteiger partial charge on any atom is -0.387 e. The molecule has 124 valence electrons. The van der Waals surface area contributed by atoms with E-state index in [1.54, 1.807) is 12.3 Å². The number of aromatic nitrogens is 1. The van der Waals surface area contributed by atoms with E-state index in [1.165, 1.54) is 11.3 Å². The smallest absolute Gasteiger partial charge is 0.252 e. The van der Waals surface area contributed by atoms with E-state index in [-0.39, 0.29) is 12.5 Å². The Kier molecular flexibility index (Phi) is 6.55. The van der Waals surface area contributed by atoms with Gasteiger partial charge in [0.15, 0.2) is 0 Å². The highest BCUT2D eigenvalue weighted by Gasteiger charge is 2.12. The lowest BCUT2D eigenvalue weighted by Gasteiger charge is -2.21. The number of aliphatic hydroxyl groups excluding tert-OH is 1. The zero-order valence-corrected chi connectivity index (χ0v) is 14.3. The quantitative estimate of drug-likeness (QED) is 0.780. The van der Waals surface area contributed by atoms with Gasteiger partial charge in [-0.05, 0) is 47.9 Å². The van der Waals surface area contributed by atoms with Gasteiger partial charge in [-0.3, -0.25) is 4.79 Å². The van der Waals surface area contributed by atoms with Gasteiger partial charge in [0.1, 0.15) is 5.82 Å². The van der Waals surface area contributed by atoms with Crippen LogP contribution in [0.4, 0.5) is 5.82 Å². The first-order valence-electron chi connectivity index (χ1n) is 7.85. The van der Waals surface area contributed by atoms with E-state index in [4.69, 9.17) is 0 Å².